The van der Waals surface area contributed by atoms with Crippen molar-refractivity contribution in [3.63, 3.8) is 0 Å². The van der Waals surface area contributed by atoms with Gasteiger partial charge in [0, 0.05) is 17.5 Å². The first-order valence-electron chi connectivity index (χ1n) is 5.90. The van der Waals surface area contributed by atoms with Gasteiger partial charge in [-0.2, -0.15) is 0 Å². The monoisotopic (exact) mass is 308 g/mol. The molecule has 0 bridgehead atoms. The summed E-state index contributed by atoms with van der Waals surface area (Å²) in [6.07, 6.45) is 0. The molecule has 0 fully saturated rings. The van der Waals surface area contributed by atoms with Gasteiger partial charge in [-0.15, -0.1) is 11.3 Å². The van der Waals surface area contributed by atoms with Gasteiger partial charge >= 0.3 is 0 Å². The Balaban J connectivity index is 2.24. The van der Waals surface area contributed by atoms with E-state index in [1.165, 1.54) is 11.3 Å². The molecule has 1 aromatic heterocycles. The zero-order valence-corrected chi connectivity index (χ0v) is 12.6. The number of carbonyl (C=O) groups excluding carboxylic acids is 2. The van der Waals surface area contributed by atoms with Gasteiger partial charge in [-0.1, -0.05) is 11.6 Å². The summed E-state index contributed by atoms with van der Waals surface area (Å²) in [7, 11) is 1.55. The molecule has 20 heavy (non-hydrogen) atoms. The summed E-state index contributed by atoms with van der Waals surface area (Å²) in [5.41, 5.74) is 0.860. The van der Waals surface area contributed by atoms with Crippen LogP contribution in [0, 0.1) is 6.92 Å². The van der Waals surface area contributed by atoms with Crippen LogP contribution in [-0.4, -0.2) is 18.9 Å². The summed E-state index contributed by atoms with van der Waals surface area (Å²) in [6, 6.07) is 8.38. The number of hydrogen-bond donors (Lipinski definition) is 2. The molecule has 2 N–H and O–H groups in total. The van der Waals surface area contributed by atoms with Gasteiger partial charge in [-0.05, 0) is 37.3 Å². The number of hydrogen-bond acceptors (Lipinski definition) is 3. The smallest absolute Gasteiger partial charge is 0.265 e. The molecule has 2 rings (SSSR count). The summed E-state index contributed by atoms with van der Waals surface area (Å²) < 4.78 is 0. The molecular weight excluding hydrogens is 296 g/mol. The molecule has 2 aromatic rings. The van der Waals surface area contributed by atoms with Gasteiger partial charge in [0.1, 0.15) is 0 Å². The summed E-state index contributed by atoms with van der Waals surface area (Å²) in [4.78, 5) is 25.3. The van der Waals surface area contributed by atoms with Gasteiger partial charge < -0.3 is 10.6 Å². The van der Waals surface area contributed by atoms with E-state index in [2.05, 4.69) is 10.6 Å². The fourth-order valence-electron chi connectivity index (χ4n) is 1.65. The topological polar surface area (TPSA) is 58.2 Å². The van der Waals surface area contributed by atoms with Crippen molar-refractivity contribution in [2.45, 2.75) is 6.92 Å². The number of halogens is 1. The van der Waals surface area contributed by atoms with Crippen molar-refractivity contribution < 1.29 is 9.59 Å². The lowest BCUT2D eigenvalue weighted by atomic mass is 10.2. The molecule has 2 amide bonds. The van der Waals surface area contributed by atoms with Crippen LogP contribution in [0.4, 0.5) is 5.69 Å². The maximum Gasteiger partial charge on any atom is 0.265 e. The van der Waals surface area contributed by atoms with Crippen LogP contribution in [0.25, 0.3) is 0 Å². The lowest BCUT2D eigenvalue weighted by Gasteiger charge is -2.08. The Kier molecular flexibility index (Phi) is 4.42. The molecule has 0 unspecified atom stereocenters. The van der Waals surface area contributed by atoms with Crippen LogP contribution in [0.5, 0.6) is 0 Å². The van der Waals surface area contributed by atoms with Gasteiger partial charge in [-0.3, -0.25) is 9.59 Å². The third-order valence-corrected chi connectivity index (χ3v) is 4.00. The standard InChI is InChI=1S/C14H13ClN2O2S/c1-8-3-6-12(20-8)14(19)17-11-7-9(13(18)16-2)4-5-10(11)15/h3-7H,1-2H3,(H,16,18)(H,17,19). The molecule has 0 aliphatic rings. The van der Waals surface area contributed by atoms with E-state index in [-0.39, 0.29) is 11.8 Å². The quantitative estimate of drug-likeness (QED) is 0.914. The van der Waals surface area contributed by atoms with Gasteiger partial charge in [0.2, 0.25) is 0 Å². The maximum atomic E-state index is 12.1. The largest absolute Gasteiger partial charge is 0.355 e. The molecule has 0 saturated carbocycles. The molecule has 0 radical (unpaired) electrons. The van der Waals surface area contributed by atoms with E-state index in [1.807, 2.05) is 13.0 Å². The van der Waals surface area contributed by atoms with E-state index in [1.54, 1.807) is 31.3 Å². The van der Waals surface area contributed by atoms with Crippen molar-refractivity contribution in [2.75, 3.05) is 12.4 Å². The van der Waals surface area contributed by atoms with E-state index in [0.29, 0.717) is 21.2 Å². The van der Waals surface area contributed by atoms with E-state index in [4.69, 9.17) is 11.6 Å². The first-order valence-corrected chi connectivity index (χ1v) is 7.10. The fraction of sp³-hybridized carbons (Fsp3) is 0.143. The molecular formula is C14H13ClN2O2S. The second kappa shape index (κ2) is 6.07. The highest BCUT2D eigenvalue weighted by Crippen LogP contribution is 2.25. The van der Waals surface area contributed by atoms with Crippen molar-refractivity contribution in [1.29, 1.82) is 0 Å². The summed E-state index contributed by atoms with van der Waals surface area (Å²) in [6.45, 7) is 1.93. The van der Waals surface area contributed by atoms with E-state index < -0.39 is 0 Å². The molecule has 1 heterocycles. The van der Waals surface area contributed by atoms with Crippen LogP contribution in [0.2, 0.25) is 5.02 Å². The molecule has 4 nitrogen and oxygen atoms in total. The predicted octanol–water partition coefficient (Wildman–Crippen LogP) is 3.32. The van der Waals surface area contributed by atoms with Gasteiger partial charge in [0.15, 0.2) is 0 Å². The van der Waals surface area contributed by atoms with Crippen molar-refractivity contribution >= 4 is 40.4 Å². The van der Waals surface area contributed by atoms with Crippen molar-refractivity contribution in [2.24, 2.45) is 0 Å². The zero-order chi connectivity index (χ0) is 14.7. The lowest BCUT2D eigenvalue weighted by Crippen LogP contribution is -2.18. The summed E-state index contributed by atoms with van der Waals surface area (Å²) in [5, 5.41) is 5.63. The van der Waals surface area contributed by atoms with E-state index in [0.717, 1.165) is 4.88 Å². The Morgan fingerprint density at radius 3 is 2.50 bits per heavy atom. The highest BCUT2D eigenvalue weighted by atomic mass is 35.5. The molecule has 0 atom stereocenters. The van der Waals surface area contributed by atoms with E-state index >= 15 is 0 Å². The third kappa shape index (κ3) is 3.18. The number of rotatable bonds is 3. The van der Waals surface area contributed by atoms with Crippen molar-refractivity contribution in [3.8, 4) is 0 Å². The van der Waals surface area contributed by atoms with Gasteiger partial charge in [-0.25, -0.2) is 0 Å². The highest BCUT2D eigenvalue weighted by molar-refractivity contribution is 7.14. The van der Waals surface area contributed by atoms with E-state index in [9.17, 15) is 9.59 Å². The van der Waals surface area contributed by atoms with Crippen LogP contribution in [0.1, 0.15) is 24.9 Å². The Labute approximate surface area is 125 Å². The molecule has 0 aliphatic heterocycles. The number of benzene rings is 1. The molecule has 1 aromatic carbocycles. The Morgan fingerprint density at radius 1 is 1.15 bits per heavy atom. The normalized spacial score (nSPS) is 10.2. The predicted molar refractivity (Wildman–Crippen MR) is 81.9 cm³/mol. The number of carbonyl (C=O) groups is 2. The highest BCUT2D eigenvalue weighted by Gasteiger charge is 2.12. The molecule has 104 valence electrons. The molecule has 0 aliphatic carbocycles. The lowest BCUT2D eigenvalue weighted by molar-refractivity contribution is 0.0961. The van der Waals surface area contributed by atoms with Crippen molar-refractivity contribution in [1.82, 2.24) is 5.32 Å². The average molecular weight is 309 g/mol. The average Bonchev–Trinajstić information content (AvgIpc) is 2.87. The maximum absolute atomic E-state index is 12.1. The van der Waals surface area contributed by atoms with Crippen LogP contribution in [0.15, 0.2) is 30.3 Å². The SMILES string of the molecule is CNC(=O)c1ccc(Cl)c(NC(=O)c2ccc(C)s2)c1. The number of amides is 2. The second-order valence-electron chi connectivity index (χ2n) is 4.14. The molecule has 0 spiro atoms. The van der Waals surface area contributed by atoms with Crippen LogP contribution < -0.4 is 10.6 Å². The van der Waals surface area contributed by atoms with Gasteiger partial charge in [0.25, 0.3) is 11.8 Å². The zero-order valence-electron chi connectivity index (χ0n) is 11.0. The second-order valence-corrected chi connectivity index (χ2v) is 5.83. The summed E-state index contributed by atoms with van der Waals surface area (Å²) >= 11 is 7.44. The van der Waals surface area contributed by atoms with Crippen LogP contribution in [-0.2, 0) is 0 Å². The van der Waals surface area contributed by atoms with Crippen LogP contribution >= 0.6 is 22.9 Å². The minimum atomic E-state index is -0.237. The number of thiophene rings is 1. The number of aryl methyl sites for hydroxylation is 1. The number of nitrogens with one attached hydrogen (secondary N) is 2. The Bertz CT molecular complexity index is 667. The summed E-state index contributed by atoms with van der Waals surface area (Å²) in [5.74, 6) is -0.469. The van der Waals surface area contributed by atoms with Crippen LogP contribution in [0.3, 0.4) is 0 Å². The Hall–Kier alpha value is -1.85. The minimum Gasteiger partial charge on any atom is -0.355 e. The number of anilines is 1. The first kappa shape index (κ1) is 14.6. The minimum absolute atomic E-state index is 0.232. The Morgan fingerprint density at radius 2 is 1.90 bits per heavy atom. The third-order valence-electron chi connectivity index (χ3n) is 2.67. The van der Waals surface area contributed by atoms with Crippen molar-refractivity contribution in [3.05, 3.63) is 50.7 Å². The molecule has 0 saturated heterocycles. The molecule has 6 heteroatoms. The van der Waals surface area contributed by atoms with Gasteiger partial charge in [0.05, 0.1) is 15.6 Å². The fourth-order valence-corrected chi connectivity index (χ4v) is 2.57. The first-order chi connectivity index (χ1) is 9.51.